The van der Waals surface area contributed by atoms with Gasteiger partial charge >= 0.3 is 6.09 Å². The number of amides is 2. The predicted octanol–water partition coefficient (Wildman–Crippen LogP) is 4.30. The number of carbonyl (C=O) groups is 2. The van der Waals surface area contributed by atoms with E-state index in [-0.39, 0.29) is 11.8 Å². The maximum Gasteiger partial charge on any atom is 0.412 e. The van der Waals surface area contributed by atoms with Gasteiger partial charge in [-0.2, -0.15) is 0 Å². The molecule has 0 radical (unpaired) electrons. The fourth-order valence-electron chi connectivity index (χ4n) is 4.64. The standard InChI is InChI=1S/C25H35N5O3/c1-25(2,3)33-24(32)26-20-12-10-18(11-13-20)16-22(31)29-14-7-8-19(17-29)23-28-27-21-9-5-4-6-15-30(21)23/h10-13,19H,4-9,14-17H2,1-3H3,(H,26,32)/t19-/m0/s1. The highest BCUT2D eigenvalue weighted by atomic mass is 16.6. The van der Waals surface area contributed by atoms with Gasteiger partial charge in [0.2, 0.25) is 5.91 Å². The summed E-state index contributed by atoms with van der Waals surface area (Å²) in [5, 5.41) is 11.7. The third kappa shape index (κ3) is 6.12. The summed E-state index contributed by atoms with van der Waals surface area (Å²) in [6.07, 6.45) is 6.48. The second-order valence-electron chi connectivity index (χ2n) is 10.1. The number of hydrogen-bond acceptors (Lipinski definition) is 5. The van der Waals surface area contributed by atoms with E-state index in [4.69, 9.17) is 4.74 Å². The van der Waals surface area contributed by atoms with Gasteiger partial charge in [-0.1, -0.05) is 18.6 Å². The highest BCUT2D eigenvalue weighted by Crippen LogP contribution is 2.28. The van der Waals surface area contributed by atoms with Crippen molar-refractivity contribution in [3.63, 3.8) is 0 Å². The van der Waals surface area contributed by atoms with Crippen molar-refractivity contribution in [1.82, 2.24) is 19.7 Å². The minimum atomic E-state index is -0.548. The molecule has 1 fully saturated rings. The van der Waals surface area contributed by atoms with Crippen LogP contribution in [0.2, 0.25) is 0 Å². The lowest BCUT2D eigenvalue weighted by Gasteiger charge is -2.32. The molecule has 2 aliphatic rings. The van der Waals surface area contributed by atoms with Crippen molar-refractivity contribution in [1.29, 1.82) is 0 Å². The molecule has 1 aromatic carbocycles. The van der Waals surface area contributed by atoms with Crippen LogP contribution in [-0.4, -0.2) is 50.4 Å². The lowest BCUT2D eigenvalue weighted by Crippen LogP contribution is -2.40. The van der Waals surface area contributed by atoms with Crippen LogP contribution in [0.5, 0.6) is 0 Å². The average molecular weight is 454 g/mol. The molecule has 0 saturated carbocycles. The van der Waals surface area contributed by atoms with Gasteiger partial charge in [0.25, 0.3) is 0 Å². The number of likely N-dealkylation sites (tertiary alicyclic amines) is 1. The van der Waals surface area contributed by atoms with Gasteiger partial charge < -0.3 is 14.2 Å². The largest absolute Gasteiger partial charge is 0.444 e. The number of nitrogens with zero attached hydrogens (tertiary/aromatic N) is 4. The molecule has 1 atom stereocenters. The Labute approximate surface area is 195 Å². The molecule has 1 saturated heterocycles. The monoisotopic (exact) mass is 453 g/mol. The Hall–Kier alpha value is -2.90. The molecule has 8 nitrogen and oxygen atoms in total. The fourth-order valence-corrected chi connectivity index (χ4v) is 4.64. The quantitative estimate of drug-likeness (QED) is 0.746. The van der Waals surface area contributed by atoms with Crippen molar-refractivity contribution in [2.75, 3.05) is 18.4 Å². The number of piperidine rings is 1. The van der Waals surface area contributed by atoms with Gasteiger partial charge in [-0.05, 0) is 64.2 Å². The van der Waals surface area contributed by atoms with E-state index in [9.17, 15) is 9.59 Å². The van der Waals surface area contributed by atoms with Gasteiger partial charge in [0.05, 0.1) is 6.42 Å². The summed E-state index contributed by atoms with van der Waals surface area (Å²) < 4.78 is 7.58. The van der Waals surface area contributed by atoms with E-state index in [1.165, 1.54) is 19.3 Å². The molecular formula is C25H35N5O3. The number of hydrogen-bond donors (Lipinski definition) is 1. The van der Waals surface area contributed by atoms with E-state index < -0.39 is 11.7 Å². The van der Waals surface area contributed by atoms with Crippen LogP contribution in [-0.2, 0) is 28.9 Å². The summed E-state index contributed by atoms with van der Waals surface area (Å²) in [4.78, 5) is 26.9. The summed E-state index contributed by atoms with van der Waals surface area (Å²) >= 11 is 0. The molecule has 3 heterocycles. The van der Waals surface area contributed by atoms with Crippen LogP contribution in [0.25, 0.3) is 0 Å². The minimum Gasteiger partial charge on any atom is -0.444 e. The van der Waals surface area contributed by atoms with Gasteiger partial charge in [0, 0.05) is 37.7 Å². The summed E-state index contributed by atoms with van der Waals surface area (Å²) in [6, 6.07) is 7.36. The van der Waals surface area contributed by atoms with Gasteiger partial charge in [-0.15, -0.1) is 10.2 Å². The molecule has 0 aliphatic carbocycles. The van der Waals surface area contributed by atoms with Crippen molar-refractivity contribution in [2.45, 2.75) is 83.8 Å². The summed E-state index contributed by atoms with van der Waals surface area (Å²) in [5.41, 5.74) is 1.02. The molecule has 8 heteroatoms. The Bertz CT molecular complexity index is 977. The SMILES string of the molecule is CC(C)(C)OC(=O)Nc1ccc(CC(=O)N2CCC[C@H](c3nnc4n3CCCCC4)C2)cc1. The van der Waals surface area contributed by atoms with Crippen molar-refractivity contribution < 1.29 is 14.3 Å². The molecular weight excluding hydrogens is 418 g/mol. The lowest BCUT2D eigenvalue weighted by atomic mass is 9.96. The minimum absolute atomic E-state index is 0.128. The normalized spacial score (nSPS) is 18.9. The Kier molecular flexibility index (Phi) is 7.00. The number of anilines is 1. The highest BCUT2D eigenvalue weighted by Gasteiger charge is 2.29. The molecule has 178 valence electrons. The van der Waals surface area contributed by atoms with Gasteiger partial charge in [0.1, 0.15) is 17.2 Å². The highest BCUT2D eigenvalue weighted by molar-refractivity contribution is 5.85. The lowest BCUT2D eigenvalue weighted by molar-refractivity contribution is -0.131. The van der Waals surface area contributed by atoms with Crippen molar-refractivity contribution in [3.05, 3.63) is 41.5 Å². The third-order valence-corrected chi connectivity index (χ3v) is 6.23. The fraction of sp³-hybridized carbons (Fsp3) is 0.600. The van der Waals surface area contributed by atoms with E-state index in [1.807, 2.05) is 37.8 Å². The molecule has 0 bridgehead atoms. The zero-order valence-corrected chi connectivity index (χ0v) is 20.0. The number of fused-ring (bicyclic) bond motifs is 1. The summed E-state index contributed by atoms with van der Waals surface area (Å²) in [7, 11) is 0. The average Bonchev–Trinajstić information content (AvgIpc) is 3.02. The zero-order valence-electron chi connectivity index (χ0n) is 20.0. The van der Waals surface area contributed by atoms with Crippen LogP contribution < -0.4 is 5.32 Å². The van der Waals surface area contributed by atoms with Crippen molar-refractivity contribution in [3.8, 4) is 0 Å². The Morgan fingerprint density at radius 1 is 1.06 bits per heavy atom. The molecule has 2 aliphatic heterocycles. The van der Waals surface area contributed by atoms with Gasteiger partial charge in [-0.3, -0.25) is 10.1 Å². The van der Waals surface area contributed by atoms with E-state index in [0.717, 1.165) is 49.6 Å². The molecule has 2 amide bonds. The second-order valence-corrected chi connectivity index (χ2v) is 10.1. The Morgan fingerprint density at radius 3 is 2.61 bits per heavy atom. The number of rotatable bonds is 4. The Balaban J connectivity index is 1.34. The first-order valence-electron chi connectivity index (χ1n) is 12.1. The molecule has 0 spiro atoms. The molecule has 2 aromatic rings. The number of aryl methyl sites for hydroxylation is 1. The zero-order chi connectivity index (χ0) is 23.4. The molecule has 1 N–H and O–H groups in total. The number of aromatic nitrogens is 3. The van der Waals surface area contributed by atoms with Gasteiger partial charge in [0.15, 0.2) is 0 Å². The first-order valence-corrected chi connectivity index (χ1v) is 12.1. The van der Waals surface area contributed by atoms with Crippen molar-refractivity contribution in [2.24, 2.45) is 0 Å². The number of nitrogens with one attached hydrogen (secondary N) is 1. The number of ether oxygens (including phenoxy) is 1. The van der Waals surface area contributed by atoms with E-state index in [2.05, 4.69) is 20.1 Å². The van der Waals surface area contributed by atoms with Gasteiger partial charge in [-0.25, -0.2) is 4.79 Å². The van der Waals surface area contributed by atoms with E-state index >= 15 is 0 Å². The van der Waals surface area contributed by atoms with Crippen LogP contribution >= 0.6 is 0 Å². The topological polar surface area (TPSA) is 89.3 Å². The smallest absolute Gasteiger partial charge is 0.412 e. The summed E-state index contributed by atoms with van der Waals surface area (Å²) in [6.45, 7) is 7.96. The number of carbonyl (C=O) groups excluding carboxylic acids is 2. The van der Waals surface area contributed by atoms with Crippen LogP contribution in [0.3, 0.4) is 0 Å². The summed E-state index contributed by atoms with van der Waals surface area (Å²) in [5.74, 6) is 2.54. The molecule has 4 rings (SSSR count). The third-order valence-electron chi connectivity index (χ3n) is 6.23. The maximum atomic E-state index is 13.0. The maximum absolute atomic E-state index is 13.0. The molecule has 1 aromatic heterocycles. The second kappa shape index (κ2) is 9.93. The Morgan fingerprint density at radius 2 is 1.85 bits per heavy atom. The van der Waals surface area contributed by atoms with Crippen LogP contribution in [0.4, 0.5) is 10.5 Å². The molecule has 0 unspecified atom stereocenters. The predicted molar refractivity (Wildman–Crippen MR) is 126 cm³/mol. The first kappa shape index (κ1) is 23.3. The van der Waals surface area contributed by atoms with Crippen molar-refractivity contribution >= 4 is 17.7 Å². The number of benzene rings is 1. The first-order chi connectivity index (χ1) is 15.8. The van der Waals surface area contributed by atoms with E-state index in [1.54, 1.807) is 12.1 Å². The van der Waals surface area contributed by atoms with E-state index in [0.29, 0.717) is 18.7 Å². The van der Waals surface area contributed by atoms with Crippen LogP contribution in [0.1, 0.15) is 76.0 Å². The van der Waals surface area contributed by atoms with Crippen LogP contribution in [0.15, 0.2) is 24.3 Å². The molecule has 33 heavy (non-hydrogen) atoms. The van der Waals surface area contributed by atoms with Crippen LogP contribution in [0, 0.1) is 0 Å².